The third-order valence-electron chi connectivity index (χ3n) is 4.82. The first-order chi connectivity index (χ1) is 14.6. The standard InChI is InChI=1S/C21H14F3N5O2/c1-10-17-15(5-6-27-16(17)9-26)29-19(30)18(10)21(23,24)20(31)28-11(2)13-4-3-12(8-25)7-14(13)22/h3-7,11H,1-2H3,(H,28,31)(H,29,30)/t11-/m1/s1. The van der Waals surface area contributed by atoms with Crippen molar-refractivity contribution >= 4 is 16.8 Å². The topological polar surface area (TPSA) is 122 Å². The molecule has 10 heteroatoms. The summed E-state index contributed by atoms with van der Waals surface area (Å²) in [6, 6.07) is 7.09. The van der Waals surface area contributed by atoms with E-state index in [0.29, 0.717) is 0 Å². The molecule has 156 valence electrons. The van der Waals surface area contributed by atoms with Crippen molar-refractivity contribution < 1.29 is 18.0 Å². The van der Waals surface area contributed by atoms with Crippen LogP contribution in [0.25, 0.3) is 10.9 Å². The maximum absolute atomic E-state index is 15.1. The van der Waals surface area contributed by atoms with Gasteiger partial charge in [0.25, 0.3) is 11.5 Å². The fourth-order valence-electron chi connectivity index (χ4n) is 3.31. The van der Waals surface area contributed by atoms with Gasteiger partial charge in [0.05, 0.1) is 28.8 Å². The van der Waals surface area contributed by atoms with Crippen molar-refractivity contribution in [1.82, 2.24) is 15.3 Å². The van der Waals surface area contributed by atoms with Gasteiger partial charge < -0.3 is 10.3 Å². The molecule has 1 amide bonds. The van der Waals surface area contributed by atoms with Gasteiger partial charge in [0.15, 0.2) is 0 Å². The summed E-state index contributed by atoms with van der Waals surface area (Å²) in [5.41, 5.74) is -2.72. The number of fused-ring (bicyclic) bond motifs is 1. The van der Waals surface area contributed by atoms with Crippen molar-refractivity contribution in [3.63, 3.8) is 0 Å². The van der Waals surface area contributed by atoms with E-state index in [1.54, 1.807) is 12.1 Å². The quantitative estimate of drug-likeness (QED) is 0.665. The highest BCUT2D eigenvalue weighted by Crippen LogP contribution is 2.32. The van der Waals surface area contributed by atoms with Gasteiger partial charge in [-0.25, -0.2) is 9.37 Å². The number of H-pyrrole nitrogens is 1. The van der Waals surface area contributed by atoms with Crippen LogP contribution >= 0.6 is 0 Å². The lowest BCUT2D eigenvalue weighted by Crippen LogP contribution is -2.43. The lowest BCUT2D eigenvalue weighted by molar-refractivity contribution is -0.148. The SMILES string of the molecule is Cc1c(C(F)(F)C(=O)N[C@H](C)c2ccc(C#N)cc2F)c(=O)[nH]c2ccnc(C#N)c12. The number of alkyl halides is 2. The highest BCUT2D eigenvalue weighted by atomic mass is 19.3. The van der Waals surface area contributed by atoms with Crippen LogP contribution in [0.4, 0.5) is 13.2 Å². The molecule has 2 heterocycles. The molecule has 0 fully saturated rings. The van der Waals surface area contributed by atoms with Crippen LogP contribution < -0.4 is 10.9 Å². The summed E-state index contributed by atoms with van der Waals surface area (Å²) in [5, 5.41) is 20.0. The highest BCUT2D eigenvalue weighted by molar-refractivity contribution is 5.91. The lowest BCUT2D eigenvalue weighted by Gasteiger charge is -2.22. The van der Waals surface area contributed by atoms with E-state index in [1.165, 1.54) is 38.2 Å². The van der Waals surface area contributed by atoms with E-state index in [-0.39, 0.29) is 33.3 Å². The smallest absolute Gasteiger partial charge is 0.344 e. The number of aromatic nitrogens is 2. The second-order valence-corrected chi connectivity index (χ2v) is 6.77. The molecule has 0 aliphatic rings. The Morgan fingerprint density at radius 1 is 1.26 bits per heavy atom. The van der Waals surface area contributed by atoms with Crippen LogP contribution in [-0.4, -0.2) is 15.9 Å². The van der Waals surface area contributed by atoms with Crippen molar-refractivity contribution in [2.75, 3.05) is 0 Å². The molecule has 31 heavy (non-hydrogen) atoms. The van der Waals surface area contributed by atoms with Crippen molar-refractivity contribution in [3.05, 3.63) is 74.6 Å². The molecule has 0 radical (unpaired) electrons. The number of aromatic amines is 1. The van der Waals surface area contributed by atoms with Crippen molar-refractivity contribution in [2.24, 2.45) is 0 Å². The van der Waals surface area contributed by atoms with E-state index in [4.69, 9.17) is 5.26 Å². The number of hydrogen-bond donors (Lipinski definition) is 2. The second kappa shape index (κ2) is 7.92. The summed E-state index contributed by atoms with van der Waals surface area (Å²) >= 11 is 0. The van der Waals surface area contributed by atoms with Gasteiger partial charge in [-0.2, -0.15) is 19.3 Å². The number of rotatable bonds is 4. The Morgan fingerprint density at radius 2 is 1.97 bits per heavy atom. The van der Waals surface area contributed by atoms with Crippen LogP contribution in [0.5, 0.6) is 0 Å². The number of amides is 1. The molecular weight excluding hydrogens is 411 g/mol. The normalized spacial score (nSPS) is 12.1. The predicted octanol–water partition coefficient (Wildman–Crippen LogP) is 3.08. The van der Waals surface area contributed by atoms with Crippen molar-refractivity contribution in [2.45, 2.75) is 25.8 Å². The number of nitrogens with zero attached hydrogens (tertiary/aromatic N) is 3. The zero-order chi connectivity index (χ0) is 22.9. The Balaban J connectivity index is 2.02. The van der Waals surface area contributed by atoms with Gasteiger partial charge in [0.1, 0.15) is 17.6 Å². The molecule has 0 aliphatic carbocycles. The number of carbonyl (C=O) groups excluding carboxylic acids is 1. The minimum Gasteiger partial charge on any atom is -0.344 e. The average Bonchev–Trinajstić information content (AvgIpc) is 2.72. The number of pyridine rings is 2. The first-order valence-electron chi connectivity index (χ1n) is 8.92. The third kappa shape index (κ3) is 3.71. The minimum atomic E-state index is -4.29. The fourth-order valence-corrected chi connectivity index (χ4v) is 3.31. The van der Waals surface area contributed by atoms with Crippen molar-refractivity contribution in [3.8, 4) is 12.1 Å². The Bertz CT molecular complexity index is 1350. The van der Waals surface area contributed by atoms with Gasteiger partial charge in [-0.05, 0) is 37.6 Å². The molecule has 0 unspecified atom stereocenters. The number of carbonyl (C=O) groups is 1. The van der Waals surface area contributed by atoms with E-state index in [2.05, 4.69) is 9.97 Å². The van der Waals surface area contributed by atoms with Gasteiger partial charge in [-0.3, -0.25) is 9.59 Å². The second-order valence-electron chi connectivity index (χ2n) is 6.77. The molecular formula is C21H14F3N5O2. The van der Waals surface area contributed by atoms with Gasteiger partial charge in [0, 0.05) is 17.1 Å². The molecule has 0 bridgehead atoms. The van der Waals surface area contributed by atoms with E-state index >= 15 is 8.78 Å². The van der Waals surface area contributed by atoms with Crippen molar-refractivity contribution in [1.29, 1.82) is 10.5 Å². The largest absolute Gasteiger partial charge is 0.355 e. The predicted molar refractivity (Wildman–Crippen MR) is 103 cm³/mol. The molecule has 0 saturated heterocycles. The summed E-state index contributed by atoms with van der Waals surface area (Å²) in [4.78, 5) is 30.8. The minimum absolute atomic E-state index is 0.00161. The maximum atomic E-state index is 15.1. The molecule has 0 spiro atoms. The first-order valence-corrected chi connectivity index (χ1v) is 8.92. The monoisotopic (exact) mass is 425 g/mol. The summed E-state index contributed by atoms with van der Waals surface area (Å²) in [6.45, 7) is 2.48. The number of halogens is 3. The molecule has 1 atom stereocenters. The number of nitrogens with one attached hydrogen (secondary N) is 2. The number of hydrogen-bond acceptors (Lipinski definition) is 5. The maximum Gasteiger partial charge on any atom is 0.355 e. The lowest BCUT2D eigenvalue weighted by atomic mass is 9.98. The number of benzene rings is 1. The van der Waals surface area contributed by atoms with Gasteiger partial charge in [0.2, 0.25) is 0 Å². The van der Waals surface area contributed by atoms with E-state index in [9.17, 15) is 19.2 Å². The third-order valence-corrected chi connectivity index (χ3v) is 4.82. The highest BCUT2D eigenvalue weighted by Gasteiger charge is 2.45. The zero-order valence-corrected chi connectivity index (χ0v) is 16.3. The molecule has 0 saturated carbocycles. The Labute approximate surface area is 173 Å². The molecule has 0 aliphatic heterocycles. The summed E-state index contributed by atoms with van der Waals surface area (Å²) in [7, 11) is 0. The molecule has 2 aromatic heterocycles. The molecule has 2 N–H and O–H groups in total. The fraction of sp³-hybridized carbons (Fsp3) is 0.190. The molecule has 3 rings (SSSR count). The first kappa shape index (κ1) is 21.5. The van der Waals surface area contributed by atoms with Crippen LogP contribution in [-0.2, 0) is 10.7 Å². The summed E-state index contributed by atoms with van der Waals surface area (Å²) < 4.78 is 44.3. The molecule has 3 aromatic rings. The van der Waals surface area contributed by atoms with Crippen LogP contribution in [0.1, 0.15) is 40.9 Å². The zero-order valence-electron chi connectivity index (χ0n) is 16.3. The van der Waals surface area contributed by atoms with Crippen LogP contribution in [0.3, 0.4) is 0 Å². The average molecular weight is 425 g/mol. The molecule has 7 nitrogen and oxygen atoms in total. The van der Waals surface area contributed by atoms with Crippen LogP contribution in [0.2, 0.25) is 0 Å². The van der Waals surface area contributed by atoms with E-state index in [0.717, 1.165) is 6.07 Å². The summed E-state index contributed by atoms with van der Waals surface area (Å²) in [6.07, 6.45) is 1.24. The number of aryl methyl sites for hydroxylation is 1. The van der Waals surface area contributed by atoms with Crippen LogP contribution in [0.15, 0.2) is 35.3 Å². The molecule has 1 aromatic carbocycles. The van der Waals surface area contributed by atoms with Gasteiger partial charge in [-0.15, -0.1) is 0 Å². The Morgan fingerprint density at radius 3 is 2.58 bits per heavy atom. The Kier molecular flexibility index (Phi) is 5.50. The van der Waals surface area contributed by atoms with Gasteiger partial charge in [-0.1, -0.05) is 6.07 Å². The van der Waals surface area contributed by atoms with E-state index < -0.39 is 34.8 Å². The van der Waals surface area contributed by atoms with Crippen LogP contribution in [0, 0.1) is 35.4 Å². The number of nitriles is 2. The Hall–Kier alpha value is -4.18. The summed E-state index contributed by atoms with van der Waals surface area (Å²) in [5.74, 6) is -6.95. The van der Waals surface area contributed by atoms with E-state index in [1.807, 2.05) is 5.32 Å². The van der Waals surface area contributed by atoms with Gasteiger partial charge >= 0.3 is 5.92 Å².